The van der Waals surface area contributed by atoms with E-state index < -0.39 is 11.2 Å². The molecule has 0 saturated carbocycles. The molecule has 2 atom stereocenters. The lowest BCUT2D eigenvalue weighted by Crippen LogP contribution is -2.44. The van der Waals surface area contributed by atoms with Crippen molar-refractivity contribution in [1.29, 1.82) is 0 Å². The van der Waals surface area contributed by atoms with E-state index in [1.807, 2.05) is 6.92 Å². The fraction of sp³-hybridized carbons (Fsp3) is 0.368. The van der Waals surface area contributed by atoms with E-state index in [1.165, 1.54) is 12.1 Å². The van der Waals surface area contributed by atoms with Crippen LogP contribution in [0.4, 0.5) is 14.9 Å². The van der Waals surface area contributed by atoms with Gasteiger partial charge in [0.1, 0.15) is 11.1 Å². The second-order valence-electron chi connectivity index (χ2n) is 6.45. The van der Waals surface area contributed by atoms with Gasteiger partial charge in [-0.3, -0.25) is 4.98 Å². The molecule has 3 rings (SSSR count). The highest BCUT2D eigenvalue weighted by atomic mass is 32.2. The summed E-state index contributed by atoms with van der Waals surface area (Å²) < 4.78 is 26.1. The molecular weight excluding hydrogens is 353 g/mol. The van der Waals surface area contributed by atoms with Crippen LogP contribution in [-0.2, 0) is 11.2 Å². The first-order chi connectivity index (χ1) is 12.5. The minimum Gasteiger partial charge on any atom is -0.611 e. The van der Waals surface area contributed by atoms with Gasteiger partial charge in [0, 0.05) is 43.2 Å². The van der Waals surface area contributed by atoms with E-state index in [2.05, 4.69) is 10.3 Å². The van der Waals surface area contributed by atoms with Crippen LogP contribution in [0.5, 0.6) is 0 Å². The van der Waals surface area contributed by atoms with Gasteiger partial charge in [0.05, 0.1) is 0 Å². The second-order valence-corrected chi connectivity index (χ2v) is 8.26. The van der Waals surface area contributed by atoms with E-state index in [-0.39, 0.29) is 23.0 Å². The van der Waals surface area contributed by atoms with Crippen molar-refractivity contribution in [2.75, 3.05) is 18.4 Å². The first kappa shape index (κ1) is 18.7. The van der Waals surface area contributed by atoms with Crippen LogP contribution >= 0.6 is 0 Å². The summed E-state index contributed by atoms with van der Waals surface area (Å²) in [5.74, 6) is -0.130. The summed E-state index contributed by atoms with van der Waals surface area (Å²) in [6.07, 6.45) is 4.83. The van der Waals surface area contributed by atoms with Gasteiger partial charge in [-0.05, 0) is 55.2 Å². The lowest BCUT2D eigenvalue weighted by molar-refractivity contribution is 0.182. The minimum absolute atomic E-state index is 0.0813. The number of halogens is 1. The zero-order valence-corrected chi connectivity index (χ0v) is 15.4. The quantitative estimate of drug-likeness (QED) is 0.829. The van der Waals surface area contributed by atoms with Gasteiger partial charge in [0.25, 0.3) is 0 Å². The predicted octanol–water partition coefficient (Wildman–Crippen LogP) is 3.66. The number of likely N-dealkylation sites (tertiary alicyclic amines) is 1. The Morgan fingerprint density at radius 3 is 2.65 bits per heavy atom. The van der Waals surface area contributed by atoms with Crippen LogP contribution in [0.2, 0.25) is 0 Å². The number of nitrogens with one attached hydrogen (secondary N) is 1. The molecule has 1 N–H and O–H groups in total. The summed E-state index contributed by atoms with van der Waals surface area (Å²) in [6, 6.07) is 9.33. The van der Waals surface area contributed by atoms with Crippen LogP contribution in [0.15, 0.2) is 53.7 Å². The fourth-order valence-corrected chi connectivity index (χ4v) is 4.68. The third-order valence-corrected chi connectivity index (χ3v) is 6.57. The van der Waals surface area contributed by atoms with Crippen molar-refractivity contribution in [2.45, 2.75) is 29.9 Å². The summed E-state index contributed by atoms with van der Waals surface area (Å²) in [4.78, 5) is 18.5. The molecule has 1 aromatic heterocycles. The third-order valence-electron chi connectivity index (χ3n) is 4.79. The van der Waals surface area contributed by atoms with E-state index in [0.29, 0.717) is 23.7 Å². The average molecular weight is 375 g/mol. The molecule has 1 fully saturated rings. The molecule has 0 bridgehead atoms. The zero-order valence-electron chi connectivity index (χ0n) is 14.6. The summed E-state index contributed by atoms with van der Waals surface area (Å²) >= 11 is -1.26. The first-order valence-corrected chi connectivity index (χ1v) is 9.88. The number of aromatic nitrogens is 1. The first-order valence-electron chi connectivity index (χ1n) is 8.66. The van der Waals surface area contributed by atoms with Gasteiger partial charge in [-0.2, -0.15) is 0 Å². The number of benzene rings is 1. The Bertz CT molecular complexity index is 739. The summed E-state index contributed by atoms with van der Waals surface area (Å²) in [5.41, 5.74) is 0.715. The van der Waals surface area contributed by atoms with Crippen LogP contribution in [0, 0.1) is 11.7 Å². The van der Waals surface area contributed by atoms with Crippen LogP contribution < -0.4 is 5.32 Å². The lowest BCUT2D eigenvalue weighted by atomic mass is 9.94. The lowest BCUT2D eigenvalue weighted by Gasteiger charge is -2.35. The number of piperidine rings is 1. The minimum atomic E-state index is -1.26. The van der Waals surface area contributed by atoms with Crippen LogP contribution in [-0.4, -0.2) is 38.8 Å². The zero-order chi connectivity index (χ0) is 18.5. The van der Waals surface area contributed by atoms with E-state index in [4.69, 9.17) is 0 Å². The van der Waals surface area contributed by atoms with Crippen molar-refractivity contribution >= 4 is 22.9 Å². The van der Waals surface area contributed by atoms with Gasteiger partial charge in [-0.15, -0.1) is 0 Å². The normalized spacial score (nSPS) is 17.6. The maximum Gasteiger partial charge on any atom is 0.321 e. The molecule has 2 aromatic rings. The van der Waals surface area contributed by atoms with E-state index in [1.54, 1.807) is 41.6 Å². The summed E-state index contributed by atoms with van der Waals surface area (Å²) in [7, 11) is 0. The number of hydrogen-bond donors (Lipinski definition) is 1. The standard InChI is InChI=1S/C19H22FN3O2S/c1-14(26(25)18-4-2-3-16(20)13-18)15-7-11-23(12-8-15)19(24)22-17-5-9-21-10-6-17/h2-6,9-10,13-15H,7-8,11-12H2,1H3,(H,21,22,24). The van der Waals surface area contributed by atoms with Gasteiger partial charge >= 0.3 is 6.03 Å². The highest BCUT2D eigenvalue weighted by molar-refractivity contribution is 7.92. The number of anilines is 1. The maximum absolute atomic E-state index is 13.4. The van der Waals surface area contributed by atoms with Crippen LogP contribution in [0.25, 0.3) is 0 Å². The smallest absolute Gasteiger partial charge is 0.321 e. The molecule has 1 aliphatic heterocycles. The molecule has 1 aromatic carbocycles. The van der Waals surface area contributed by atoms with E-state index in [0.717, 1.165) is 12.8 Å². The summed E-state index contributed by atoms with van der Waals surface area (Å²) in [5, 5.41) is 2.77. The molecule has 138 valence electrons. The molecule has 1 saturated heterocycles. The maximum atomic E-state index is 13.4. The molecule has 26 heavy (non-hydrogen) atoms. The Labute approximate surface area is 155 Å². The number of amides is 2. The number of nitrogens with zero attached hydrogens (tertiary/aromatic N) is 2. The molecule has 1 aliphatic rings. The fourth-order valence-electron chi connectivity index (χ4n) is 3.19. The van der Waals surface area contributed by atoms with Crippen molar-refractivity contribution in [3.8, 4) is 0 Å². The van der Waals surface area contributed by atoms with Crippen LogP contribution in [0.3, 0.4) is 0 Å². The highest BCUT2D eigenvalue weighted by Gasteiger charge is 2.33. The van der Waals surface area contributed by atoms with Gasteiger partial charge < -0.3 is 14.8 Å². The molecule has 2 unspecified atom stereocenters. The van der Waals surface area contributed by atoms with Gasteiger partial charge in [-0.25, -0.2) is 9.18 Å². The van der Waals surface area contributed by atoms with Crippen molar-refractivity contribution in [1.82, 2.24) is 9.88 Å². The Morgan fingerprint density at radius 2 is 2.00 bits per heavy atom. The SMILES string of the molecule is CC(C1CCN(C(=O)Nc2ccncc2)CC1)[S+]([O-])c1cccc(F)c1. The molecule has 0 radical (unpaired) electrons. The number of rotatable bonds is 4. The monoisotopic (exact) mass is 375 g/mol. The van der Waals surface area contributed by atoms with Gasteiger partial charge in [0.15, 0.2) is 4.90 Å². The van der Waals surface area contributed by atoms with Gasteiger partial charge in [-0.1, -0.05) is 6.07 Å². The topological polar surface area (TPSA) is 68.3 Å². The summed E-state index contributed by atoms with van der Waals surface area (Å²) in [6.45, 7) is 3.18. The van der Waals surface area contributed by atoms with Crippen LogP contribution in [0.1, 0.15) is 19.8 Å². The molecule has 2 amide bonds. The molecule has 2 heterocycles. The molecule has 5 nitrogen and oxygen atoms in total. The van der Waals surface area contributed by atoms with Crippen molar-refractivity contribution in [3.63, 3.8) is 0 Å². The Balaban J connectivity index is 1.53. The number of carbonyl (C=O) groups is 1. The number of hydrogen-bond acceptors (Lipinski definition) is 3. The second kappa shape index (κ2) is 8.51. The Morgan fingerprint density at radius 1 is 1.31 bits per heavy atom. The average Bonchev–Trinajstić information content (AvgIpc) is 2.67. The number of carbonyl (C=O) groups excluding carboxylic acids is 1. The van der Waals surface area contributed by atoms with Gasteiger partial charge in [0.2, 0.25) is 0 Å². The Hall–Kier alpha value is -2.12. The predicted molar refractivity (Wildman–Crippen MR) is 99.8 cm³/mol. The molecular formula is C19H22FN3O2S. The number of pyridine rings is 1. The van der Waals surface area contributed by atoms with E-state index in [9.17, 15) is 13.7 Å². The van der Waals surface area contributed by atoms with E-state index >= 15 is 0 Å². The number of urea groups is 1. The molecule has 0 spiro atoms. The molecule has 0 aliphatic carbocycles. The molecule has 7 heteroatoms. The largest absolute Gasteiger partial charge is 0.611 e. The van der Waals surface area contributed by atoms with Crippen molar-refractivity contribution < 1.29 is 13.7 Å². The third kappa shape index (κ3) is 4.53. The highest BCUT2D eigenvalue weighted by Crippen LogP contribution is 2.29. The Kier molecular flexibility index (Phi) is 6.11. The van der Waals surface area contributed by atoms with Crippen molar-refractivity contribution in [3.05, 3.63) is 54.6 Å². The van der Waals surface area contributed by atoms with Crippen molar-refractivity contribution in [2.24, 2.45) is 5.92 Å².